The molecule has 1 aromatic carbocycles. The Bertz CT molecular complexity index is 454. The van der Waals surface area contributed by atoms with Crippen LogP contribution in [0, 0.1) is 6.92 Å². The van der Waals surface area contributed by atoms with Gasteiger partial charge in [-0.3, -0.25) is 4.57 Å². The number of ether oxygens (including phenoxy) is 1. The monoisotopic (exact) mass is 287 g/mol. The van der Waals surface area contributed by atoms with Crippen molar-refractivity contribution in [3.05, 3.63) is 29.3 Å². The Balaban J connectivity index is 3.09. The van der Waals surface area contributed by atoms with Gasteiger partial charge in [0.15, 0.2) is 0 Å². The number of rotatable bonds is 7. The Morgan fingerprint density at radius 3 is 2.26 bits per heavy atom. The quantitative estimate of drug-likeness (QED) is 0.780. The summed E-state index contributed by atoms with van der Waals surface area (Å²) in [6.07, 6.45) is 0. The lowest BCUT2D eigenvalue weighted by Gasteiger charge is -2.24. The zero-order valence-electron chi connectivity index (χ0n) is 11.9. The molecule has 6 heteroatoms. The fourth-order valence-electron chi connectivity index (χ4n) is 1.84. The predicted octanol–water partition coefficient (Wildman–Crippen LogP) is 3.23. The molecular formula is C13H22NO4P. The van der Waals surface area contributed by atoms with Gasteiger partial charge >= 0.3 is 7.60 Å². The molecule has 0 heterocycles. The maximum absolute atomic E-state index is 12.6. The molecule has 19 heavy (non-hydrogen) atoms. The van der Waals surface area contributed by atoms with Crippen molar-refractivity contribution < 1.29 is 18.3 Å². The van der Waals surface area contributed by atoms with Crippen LogP contribution >= 0.6 is 7.60 Å². The minimum absolute atomic E-state index is 0.292. The van der Waals surface area contributed by atoms with Crippen molar-refractivity contribution in [1.82, 2.24) is 0 Å². The third-order valence-electron chi connectivity index (χ3n) is 2.75. The highest BCUT2D eigenvalue weighted by molar-refractivity contribution is 7.54. The molecule has 0 aliphatic rings. The molecule has 1 aromatic rings. The average molecular weight is 287 g/mol. The topological polar surface area (TPSA) is 70.8 Å². The van der Waals surface area contributed by atoms with Crippen molar-refractivity contribution in [2.45, 2.75) is 26.6 Å². The molecule has 0 radical (unpaired) electrons. The highest BCUT2D eigenvalue weighted by Gasteiger charge is 2.34. The lowest BCUT2D eigenvalue weighted by atomic mass is 10.1. The largest absolute Gasteiger partial charge is 0.497 e. The fourth-order valence-corrected chi connectivity index (χ4v) is 3.58. The van der Waals surface area contributed by atoms with E-state index in [2.05, 4.69) is 0 Å². The number of nitrogens with two attached hydrogens (primary N) is 1. The molecule has 108 valence electrons. The van der Waals surface area contributed by atoms with Gasteiger partial charge in [-0.1, -0.05) is 6.07 Å². The van der Waals surface area contributed by atoms with Crippen LogP contribution in [0.1, 0.15) is 30.8 Å². The van der Waals surface area contributed by atoms with Crippen LogP contribution in [0.3, 0.4) is 0 Å². The number of hydrogen-bond acceptors (Lipinski definition) is 5. The molecule has 0 aromatic heterocycles. The number of benzene rings is 1. The normalized spacial score (nSPS) is 13.3. The van der Waals surface area contributed by atoms with E-state index in [9.17, 15) is 4.57 Å². The molecule has 0 saturated carbocycles. The Kier molecular flexibility index (Phi) is 6.01. The molecule has 2 N–H and O–H groups in total. The lowest BCUT2D eigenvalue weighted by Crippen LogP contribution is -2.16. The van der Waals surface area contributed by atoms with Gasteiger partial charge < -0.3 is 19.5 Å². The van der Waals surface area contributed by atoms with E-state index >= 15 is 0 Å². The molecular weight excluding hydrogens is 265 g/mol. The van der Waals surface area contributed by atoms with Crippen LogP contribution < -0.4 is 10.5 Å². The van der Waals surface area contributed by atoms with Crippen molar-refractivity contribution in [3.63, 3.8) is 0 Å². The minimum Gasteiger partial charge on any atom is -0.497 e. The first kappa shape index (κ1) is 16.2. The van der Waals surface area contributed by atoms with Crippen LogP contribution in [-0.4, -0.2) is 20.3 Å². The highest BCUT2D eigenvalue weighted by Crippen LogP contribution is 2.58. The zero-order valence-corrected chi connectivity index (χ0v) is 12.8. The van der Waals surface area contributed by atoms with Gasteiger partial charge in [0.05, 0.1) is 20.3 Å². The summed E-state index contributed by atoms with van der Waals surface area (Å²) < 4.78 is 28.3. The van der Waals surface area contributed by atoms with Crippen molar-refractivity contribution >= 4 is 7.60 Å². The first-order chi connectivity index (χ1) is 8.98. The molecule has 0 fully saturated rings. The third kappa shape index (κ3) is 3.80. The van der Waals surface area contributed by atoms with Gasteiger partial charge in [0.2, 0.25) is 0 Å². The summed E-state index contributed by atoms with van der Waals surface area (Å²) in [5, 5.41) is 0. The molecule has 0 spiro atoms. The standard InChI is InChI=1S/C13H22NO4P/c1-5-17-19(15,18-6-2)13(14)12-8-7-11(16-4)9-10(12)3/h7-9,13H,5-6,14H2,1-4H3/t13-/m1/s1. The smallest absolute Gasteiger partial charge is 0.351 e. The second-order valence-corrected chi connectivity index (χ2v) is 6.20. The summed E-state index contributed by atoms with van der Waals surface area (Å²) in [4.78, 5) is 0. The van der Waals surface area contributed by atoms with Crippen molar-refractivity contribution in [3.8, 4) is 5.75 Å². The minimum atomic E-state index is -3.35. The SMILES string of the molecule is CCOP(=O)(OCC)[C@@H](N)c1ccc(OC)cc1C. The summed E-state index contributed by atoms with van der Waals surface area (Å²) in [7, 11) is -1.75. The number of hydrogen-bond donors (Lipinski definition) is 1. The summed E-state index contributed by atoms with van der Waals surface area (Å²) in [5.74, 6) is -0.0607. The molecule has 1 rings (SSSR count). The van der Waals surface area contributed by atoms with Gasteiger partial charge in [0.25, 0.3) is 0 Å². The lowest BCUT2D eigenvalue weighted by molar-refractivity contribution is 0.212. The van der Waals surface area contributed by atoms with E-state index in [0.29, 0.717) is 13.2 Å². The second-order valence-electron chi connectivity index (χ2n) is 4.04. The molecule has 0 saturated heterocycles. The second kappa shape index (κ2) is 7.06. The molecule has 1 atom stereocenters. The Labute approximate surface area is 114 Å². The van der Waals surface area contributed by atoms with Crippen molar-refractivity contribution in [2.24, 2.45) is 5.73 Å². The van der Waals surface area contributed by atoms with E-state index < -0.39 is 13.4 Å². The zero-order chi connectivity index (χ0) is 14.5. The Morgan fingerprint density at radius 1 is 1.26 bits per heavy atom. The number of methoxy groups -OCH3 is 1. The Hall–Kier alpha value is -0.870. The van der Waals surface area contributed by atoms with Gasteiger partial charge in [-0.25, -0.2) is 0 Å². The molecule has 0 aliphatic carbocycles. The van der Waals surface area contributed by atoms with E-state index in [4.69, 9.17) is 19.5 Å². The first-order valence-electron chi connectivity index (χ1n) is 6.27. The first-order valence-corrected chi connectivity index (χ1v) is 7.88. The van der Waals surface area contributed by atoms with Gasteiger partial charge in [-0.05, 0) is 44.0 Å². The summed E-state index contributed by atoms with van der Waals surface area (Å²) >= 11 is 0. The van der Waals surface area contributed by atoms with E-state index in [-0.39, 0.29) is 0 Å². The van der Waals surface area contributed by atoms with Crippen LogP contribution in [0.5, 0.6) is 5.75 Å². The van der Waals surface area contributed by atoms with Gasteiger partial charge in [0, 0.05) is 0 Å². The van der Waals surface area contributed by atoms with E-state index in [1.165, 1.54) is 0 Å². The van der Waals surface area contributed by atoms with E-state index in [0.717, 1.165) is 16.9 Å². The average Bonchev–Trinajstić information content (AvgIpc) is 2.38. The molecule has 0 unspecified atom stereocenters. The van der Waals surface area contributed by atoms with Crippen LogP contribution in [0.15, 0.2) is 18.2 Å². The molecule has 0 bridgehead atoms. The van der Waals surface area contributed by atoms with Gasteiger partial charge in [-0.15, -0.1) is 0 Å². The Morgan fingerprint density at radius 2 is 1.84 bits per heavy atom. The molecule has 5 nitrogen and oxygen atoms in total. The highest BCUT2D eigenvalue weighted by atomic mass is 31.2. The van der Waals surface area contributed by atoms with Gasteiger partial charge in [-0.2, -0.15) is 0 Å². The van der Waals surface area contributed by atoms with Crippen LogP contribution in [-0.2, 0) is 13.6 Å². The molecule has 0 aliphatic heterocycles. The molecule has 0 amide bonds. The fraction of sp³-hybridized carbons (Fsp3) is 0.538. The third-order valence-corrected chi connectivity index (χ3v) is 4.95. The summed E-state index contributed by atoms with van der Waals surface area (Å²) in [6, 6.07) is 5.42. The van der Waals surface area contributed by atoms with Crippen molar-refractivity contribution in [1.29, 1.82) is 0 Å². The van der Waals surface area contributed by atoms with Crippen LogP contribution in [0.25, 0.3) is 0 Å². The van der Waals surface area contributed by atoms with Crippen molar-refractivity contribution in [2.75, 3.05) is 20.3 Å². The van der Waals surface area contributed by atoms with E-state index in [1.807, 2.05) is 13.0 Å². The maximum Gasteiger partial charge on any atom is 0.351 e. The maximum atomic E-state index is 12.6. The summed E-state index contributed by atoms with van der Waals surface area (Å²) in [5.41, 5.74) is 7.72. The van der Waals surface area contributed by atoms with Crippen LogP contribution in [0.2, 0.25) is 0 Å². The summed E-state index contributed by atoms with van der Waals surface area (Å²) in [6.45, 7) is 6.00. The van der Waals surface area contributed by atoms with Crippen LogP contribution in [0.4, 0.5) is 0 Å². The predicted molar refractivity (Wildman–Crippen MR) is 75.5 cm³/mol. The van der Waals surface area contributed by atoms with Gasteiger partial charge in [0.1, 0.15) is 11.5 Å². The number of aryl methyl sites for hydroxylation is 1. The van der Waals surface area contributed by atoms with E-state index in [1.54, 1.807) is 33.1 Å².